The zero-order valence-electron chi connectivity index (χ0n) is 22.6. The van der Waals surface area contributed by atoms with Crippen LogP contribution in [0, 0.1) is 13.8 Å². The largest absolute Gasteiger partial charge is 0.511 e. The SMILES string of the molecule is C=C(C)COC(=O)OC(C)O/C(=C(/C=N\C)c1ccc(C(C)(C)C)cc1)c1c(C)c(C)nn1CC. The molecule has 0 aliphatic heterocycles. The van der Waals surface area contributed by atoms with Gasteiger partial charge in [-0.3, -0.25) is 9.67 Å². The van der Waals surface area contributed by atoms with E-state index in [0.717, 1.165) is 28.1 Å². The van der Waals surface area contributed by atoms with Gasteiger partial charge in [0.15, 0.2) is 5.76 Å². The van der Waals surface area contributed by atoms with Crippen molar-refractivity contribution in [3.8, 4) is 0 Å². The Labute approximate surface area is 209 Å². The zero-order chi connectivity index (χ0) is 26.3. The average molecular weight is 482 g/mol. The van der Waals surface area contributed by atoms with Crippen LogP contribution in [-0.2, 0) is 26.2 Å². The number of aliphatic imine (C=N–C) groups is 1. The Balaban J connectivity index is 2.62. The van der Waals surface area contributed by atoms with E-state index < -0.39 is 12.4 Å². The Morgan fingerprint density at radius 3 is 2.34 bits per heavy atom. The molecule has 190 valence electrons. The maximum absolute atomic E-state index is 12.1. The normalized spacial score (nSPS) is 13.4. The summed E-state index contributed by atoms with van der Waals surface area (Å²) in [7, 11) is 1.71. The molecular weight excluding hydrogens is 442 g/mol. The maximum atomic E-state index is 12.1. The van der Waals surface area contributed by atoms with E-state index in [1.54, 1.807) is 27.1 Å². The van der Waals surface area contributed by atoms with E-state index in [1.165, 1.54) is 5.56 Å². The van der Waals surface area contributed by atoms with Crippen molar-refractivity contribution in [2.24, 2.45) is 4.99 Å². The molecule has 0 aliphatic carbocycles. The first-order valence-corrected chi connectivity index (χ1v) is 11.8. The van der Waals surface area contributed by atoms with Crippen LogP contribution >= 0.6 is 0 Å². The van der Waals surface area contributed by atoms with Gasteiger partial charge < -0.3 is 14.2 Å². The third-order valence-electron chi connectivity index (χ3n) is 5.49. The molecule has 7 nitrogen and oxygen atoms in total. The van der Waals surface area contributed by atoms with Crippen LogP contribution in [0.5, 0.6) is 0 Å². The van der Waals surface area contributed by atoms with E-state index >= 15 is 0 Å². The number of benzene rings is 1. The first kappa shape index (κ1) is 27.9. The topological polar surface area (TPSA) is 74.9 Å². The molecule has 0 bridgehead atoms. The fourth-order valence-electron chi connectivity index (χ4n) is 3.52. The van der Waals surface area contributed by atoms with Crippen LogP contribution in [0.1, 0.15) is 69.6 Å². The standard InChI is InChI=1S/C28H39N3O4/c1-11-31-25(19(4)20(5)30-31)26(34-21(6)35-27(32)33-17-18(2)3)24(16-29-10)22-12-14-23(15-13-22)28(7,8)9/h12-16,21H,2,11,17H2,1,3-10H3/b26-24-,29-16-. The van der Waals surface area contributed by atoms with E-state index in [4.69, 9.17) is 14.2 Å². The molecule has 1 heterocycles. The van der Waals surface area contributed by atoms with Crippen LogP contribution in [0.15, 0.2) is 41.4 Å². The molecule has 0 saturated carbocycles. The first-order valence-electron chi connectivity index (χ1n) is 11.8. The molecular formula is C28H39N3O4. The maximum Gasteiger partial charge on any atom is 0.511 e. The summed E-state index contributed by atoms with van der Waals surface area (Å²) in [5.74, 6) is 0.527. The second kappa shape index (κ2) is 11.9. The fraction of sp³-hybridized carbons (Fsp3) is 0.464. The van der Waals surface area contributed by atoms with Gasteiger partial charge in [-0.15, -0.1) is 0 Å². The summed E-state index contributed by atoms with van der Waals surface area (Å²) in [5, 5.41) is 4.67. The molecule has 2 aromatic rings. The van der Waals surface area contributed by atoms with Crippen molar-refractivity contribution in [1.82, 2.24) is 9.78 Å². The molecule has 7 heteroatoms. The number of carbonyl (C=O) groups excluding carboxylic acids is 1. The number of hydrogen-bond donors (Lipinski definition) is 0. The molecule has 2 rings (SSSR count). The summed E-state index contributed by atoms with van der Waals surface area (Å²) < 4.78 is 18.6. The number of hydrogen-bond acceptors (Lipinski definition) is 6. The second-order valence-electron chi connectivity index (χ2n) is 9.63. The summed E-state index contributed by atoms with van der Waals surface area (Å²) >= 11 is 0. The van der Waals surface area contributed by atoms with Gasteiger partial charge in [0.05, 0.1) is 5.69 Å². The molecule has 0 N–H and O–H groups in total. The molecule has 0 radical (unpaired) electrons. The van der Waals surface area contributed by atoms with Crippen molar-refractivity contribution in [1.29, 1.82) is 0 Å². The minimum atomic E-state index is -0.920. The van der Waals surface area contributed by atoms with E-state index in [1.807, 2.05) is 25.5 Å². The Morgan fingerprint density at radius 2 is 1.83 bits per heavy atom. The van der Waals surface area contributed by atoms with E-state index in [2.05, 4.69) is 61.7 Å². The number of allylic oxidation sites excluding steroid dienone is 1. The lowest BCUT2D eigenvalue weighted by molar-refractivity contribution is -0.0653. The fourth-order valence-corrected chi connectivity index (χ4v) is 3.52. The van der Waals surface area contributed by atoms with Gasteiger partial charge in [-0.1, -0.05) is 51.6 Å². The highest BCUT2D eigenvalue weighted by atomic mass is 16.8. The molecule has 1 atom stereocenters. The highest BCUT2D eigenvalue weighted by molar-refractivity contribution is 6.18. The van der Waals surface area contributed by atoms with Gasteiger partial charge in [-0.2, -0.15) is 5.10 Å². The minimum absolute atomic E-state index is 0.0294. The summed E-state index contributed by atoms with van der Waals surface area (Å²) in [6.07, 6.45) is 0.0172. The Hall–Kier alpha value is -3.35. The number of aryl methyl sites for hydroxylation is 2. The van der Waals surface area contributed by atoms with Gasteiger partial charge in [0.2, 0.25) is 6.29 Å². The molecule has 0 aliphatic rings. The first-order chi connectivity index (χ1) is 16.4. The number of nitrogens with zero attached hydrogens (tertiary/aromatic N) is 3. The van der Waals surface area contributed by atoms with E-state index in [0.29, 0.717) is 17.9 Å². The lowest BCUT2D eigenvalue weighted by Gasteiger charge is -2.22. The van der Waals surface area contributed by atoms with Crippen molar-refractivity contribution < 1.29 is 19.0 Å². The van der Waals surface area contributed by atoms with Gasteiger partial charge in [-0.25, -0.2) is 4.79 Å². The van der Waals surface area contributed by atoms with Crippen molar-refractivity contribution in [3.63, 3.8) is 0 Å². The highest BCUT2D eigenvalue weighted by Crippen LogP contribution is 2.32. The van der Waals surface area contributed by atoms with Crippen molar-refractivity contribution in [2.75, 3.05) is 13.7 Å². The Morgan fingerprint density at radius 1 is 1.20 bits per heavy atom. The highest BCUT2D eigenvalue weighted by Gasteiger charge is 2.25. The number of aromatic nitrogens is 2. The average Bonchev–Trinajstić information content (AvgIpc) is 3.07. The second-order valence-corrected chi connectivity index (χ2v) is 9.63. The van der Waals surface area contributed by atoms with Crippen LogP contribution in [0.2, 0.25) is 0 Å². The van der Waals surface area contributed by atoms with Crippen molar-refractivity contribution >= 4 is 23.7 Å². The quantitative estimate of drug-likeness (QED) is 0.135. The van der Waals surface area contributed by atoms with Crippen LogP contribution in [0.3, 0.4) is 0 Å². The van der Waals surface area contributed by atoms with Gasteiger partial charge in [-0.05, 0) is 49.8 Å². The summed E-state index contributed by atoms with van der Waals surface area (Å²) in [6, 6.07) is 8.34. The van der Waals surface area contributed by atoms with Crippen molar-refractivity contribution in [3.05, 3.63) is 64.5 Å². The smallest absolute Gasteiger partial charge is 0.452 e. The van der Waals surface area contributed by atoms with Gasteiger partial charge in [0.1, 0.15) is 12.3 Å². The Bertz CT molecular complexity index is 1100. The predicted octanol–water partition coefficient (Wildman–Crippen LogP) is 6.48. The summed E-state index contributed by atoms with van der Waals surface area (Å²) in [6.45, 7) is 20.4. The van der Waals surface area contributed by atoms with Gasteiger partial charge in [0, 0.05) is 37.9 Å². The predicted molar refractivity (Wildman–Crippen MR) is 142 cm³/mol. The third kappa shape index (κ3) is 7.31. The lowest BCUT2D eigenvalue weighted by atomic mass is 9.86. The van der Waals surface area contributed by atoms with E-state index in [9.17, 15) is 4.79 Å². The Kier molecular flexibility index (Phi) is 9.46. The van der Waals surface area contributed by atoms with Crippen LogP contribution < -0.4 is 0 Å². The van der Waals surface area contributed by atoms with Gasteiger partial charge >= 0.3 is 6.16 Å². The van der Waals surface area contributed by atoms with Crippen LogP contribution in [-0.4, -0.2) is 42.1 Å². The zero-order valence-corrected chi connectivity index (χ0v) is 22.6. The summed E-state index contributed by atoms with van der Waals surface area (Å²) in [5.41, 5.74) is 6.34. The van der Waals surface area contributed by atoms with Crippen LogP contribution in [0.25, 0.3) is 11.3 Å². The van der Waals surface area contributed by atoms with Gasteiger partial charge in [0.25, 0.3) is 0 Å². The van der Waals surface area contributed by atoms with Crippen LogP contribution in [0.4, 0.5) is 4.79 Å². The number of rotatable bonds is 9. The minimum Gasteiger partial charge on any atom is -0.452 e. The molecule has 35 heavy (non-hydrogen) atoms. The molecule has 0 amide bonds. The van der Waals surface area contributed by atoms with Crippen molar-refractivity contribution in [2.45, 2.75) is 73.6 Å². The molecule has 1 aromatic carbocycles. The van der Waals surface area contributed by atoms with E-state index in [-0.39, 0.29) is 12.0 Å². The number of carbonyl (C=O) groups is 1. The molecule has 0 saturated heterocycles. The molecule has 1 aromatic heterocycles. The third-order valence-corrected chi connectivity index (χ3v) is 5.49. The molecule has 0 fully saturated rings. The molecule has 0 spiro atoms. The summed E-state index contributed by atoms with van der Waals surface area (Å²) in [4.78, 5) is 16.4. The monoisotopic (exact) mass is 481 g/mol. The number of ether oxygens (including phenoxy) is 3. The molecule has 1 unspecified atom stereocenters. The lowest BCUT2D eigenvalue weighted by Crippen LogP contribution is -2.21.